The Kier molecular flexibility index (Phi) is 4.76. The standard InChI is InChI=1S/C16H25N3O/c1-5-13-6-7-14(15(17-13)11-18(2)3)12-8-9-19(4)16(20)10-12/h6-7,12H,5,8-11H2,1-4H3/t12-/m1/s1. The molecule has 4 heteroatoms. The number of nitrogens with zero attached hydrogens (tertiary/aromatic N) is 3. The van der Waals surface area contributed by atoms with Gasteiger partial charge >= 0.3 is 0 Å². The second-order valence-corrected chi connectivity index (χ2v) is 5.93. The zero-order chi connectivity index (χ0) is 14.7. The Labute approximate surface area is 121 Å². The highest BCUT2D eigenvalue weighted by Gasteiger charge is 2.26. The molecule has 1 atom stereocenters. The molecule has 2 heterocycles. The molecule has 1 amide bonds. The Balaban J connectivity index is 2.27. The van der Waals surface area contributed by atoms with Gasteiger partial charge in [-0.25, -0.2) is 0 Å². The first-order valence-corrected chi connectivity index (χ1v) is 7.38. The molecule has 1 fully saturated rings. The van der Waals surface area contributed by atoms with E-state index in [1.54, 1.807) is 0 Å². The van der Waals surface area contributed by atoms with Gasteiger partial charge in [-0.1, -0.05) is 13.0 Å². The van der Waals surface area contributed by atoms with Crippen LogP contribution >= 0.6 is 0 Å². The molecule has 20 heavy (non-hydrogen) atoms. The second kappa shape index (κ2) is 6.35. The van der Waals surface area contributed by atoms with E-state index in [-0.39, 0.29) is 5.91 Å². The maximum atomic E-state index is 11.9. The van der Waals surface area contributed by atoms with Crippen molar-refractivity contribution in [3.8, 4) is 0 Å². The molecule has 1 aliphatic rings. The maximum Gasteiger partial charge on any atom is 0.222 e. The molecular formula is C16H25N3O. The molecule has 1 aromatic heterocycles. The predicted molar refractivity (Wildman–Crippen MR) is 80.6 cm³/mol. The quantitative estimate of drug-likeness (QED) is 0.844. The molecule has 1 aliphatic heterocycles. The highest BCUT2D eigenvalue weighted by atomic mass is 16.2. The smallest absolute Gasteiger partial charge is 0.222 e. The number of rotatable bonds is 4. The van der Waals surface area contributed by atoms with Crippen LogP contribution < -0.4 is 0 Å². The molecule has 0 spiro atoms. The first kappa shape index (κ1) is 15.0. The molecule has 1 saturated heterocycles. The summed E-state index contributed by atoms with van der Waals surface area (Å²) in [5.41, 5.74) is 3.53. The van der Waals surface area contributed by atoms with Gasteiger partial charge in [0.05, 0.1) is 5.69 Å². The van der Waals surface area contributed by atoms with Crippen molar-refractivity contribution in [2.45, 2.75) is 38.6 Å². The third-order valence-corrected chi connectivity index (χ3v) is 3.99. The van der Waals surface area contributed by atoms with Crippen molar-refractivity contribution in [3.63, 3.8) is 0 Å². The summed E-state index contributed by atoms with van der Waals surface area (Å²) in [6.45, 7) is 3.81. The van der Waals surface area contributed by atoms with Crippen molar-refractivity contribution in [1.29, 1.82) is 0 Å². The number of amides is 1. The molecule has 0 aliphatic carbocycles. The van der Waals surface area contributed by atoms with Crippen LogP contribution in [0.3, 0.4) is 0 Å². The van der Waals surface area contributed by atoms with Gasteiger partial charge in [-0.2, -0.15) is 0 Å². The van der Waals surface area contributed by atoms with Gasteiger partial charge in [0.1, 0.15) is 0 Å². The third-order valence-electron chi connectivity index (χ3n) is 3.99. The van der Waals surface area contributed by atoms with Crippen molar-refractivity contribution in [1.82, 2.24) is 14.8 Å². The third kappa shape index (κ3) is 3.37. The lowest BCUT2D eigenvalue weighted by atomic mass is 9.87. The van der Waals surface area contributed by atoms with Crippen LogP contribution in [0.1, 0.15) is 42.6 Å². The Bertz CT molecular complexity index is 485. The monoisotopic (exact) mass is 275 g/mol. The van der Waals surface area contributed by atoms with Gasteiger partial charge in [0.2, 0.25) is 5.91 Å². The topological polar surface area (TPSA) is 36.4 Å². The second-order valence-electron chi connectivity index (χ2n) is 5.93. The number of carbonyl (C=O) groups excluding carboxylic acids is 1. The van der Waals surface area contributed by atoms with E-state index in [0.29, 0.717) is 12.3 Å². The maximum absolute atomic E-state index is 11.9. The zero-order valence-electron chi connectivity index (χ0n) is 13.0. The van der Waals surface area contributed by atoms with Crippen LogP contribution in [-0.4, -0.2) is 48.4 Å². The summed E-state index contributed by atoms with van der Waals surface area (Å²) in [4.78, 5) is 20.7. The van der Waals surface area contributed by atoms with Crippen molar-refractivity contribution in [2.75, 3.05) is 27.7 Å². The molecule has 0 radical (unpaired) electrons. The minimum atomic E-state index is 0.247. The van der Waals surface area contributed by atoms with Crippen molar-refractivity contribution < 1.29 is 4.79 Å². The number of carbonyl (C=O) groups is 1. The fourth-order valence-corrected chi connectivity index (χ4v) is 2.76. The number of hydrogen-bond donors (Lipinski definition) is 0. The van der Waals surface area contributed by atoms with E-state index in [4.69, 9.17) is 4.98 Å². The van der Waals surface area contributed by atoms with Crippen molar-refractivity contribution in [2.24, 2.45) is 0 Å². The van der Waals surface area contributed by atoms with Crippen LogP contribution in [0.15, 0.2) is 12.1 Å². The predicted octanol–water partition coefficient (Wildman–Crippen LogP) is 2.04. The highest BCUT2D eigenvalue weighted by Crippen LogP contribution is 2.30. The van der Waals surface area contributed by atoms with Crippen LogP contribution in [0.2, 0.25) is 0 Å². The lowest BCUT2D eigenvalue weighted by Crippen LogP contribution is -2.35. The molecule has 4 nitrogen and oxygen atoms in total. The van der Waals surface area contributed by atoms with Crippen LogP contribution in [0.5, 0.6) is 0 Å². The molecule has 0 bridgehead atoms. The van der Waals surface area contributed by atoms with Gasteiger partial charge in [0.25, 0.3) is 0 Å². The lowest BCUT2D eigenvalue weighted by molar-refractivity contribution is -0.132. The van der Waals surface area contributed by atoms with E-state index in [9.17, 15) is 4.79 Å². The summed E-state index contributed by atoms with van der Waals surface area (Å²) in [5.74, 6) is 0.573. The molecule has 0 saturated carbocycles. The van der Waals surface area contributed by atoms with Crippen molar-refractivity contribution in [3.05, 3.63) is 29.1 Å². The van der Waals surface area contributed by atoms with Crippen molar-refractivity contribution >= 4 is 5.91 Å². The fourth-order valence-electron chi connectivity index (χ4n) is 2.76. The Morgan fingerprint density at radius 2 is 2.15 bits per heavy atom. The molecular weight excluding hydrogens is 250 g/mol. The van der Waals surface area contributed by atoms with E-state index in [2.05, 4.69) is 38.1 Å². The van der Waals surface area contributed by atoms with Gasteiger partial charge in [0.15, 0.2) is 0 Å². The van der Waals surface area contributed by atoms with Gasteiger partial charge in [-0.3, -0.25) is 9.78 Å². The average Bonchev–Trinajstić information content (AvgIpc) is 2.41. The van der Waals surface area contributed by atoms with E-state index < -0.39 is 0 Å². The molecule has 1 aromatic rings. The number of hydrogen-bond acceptors (Lipinski definition) is 3. The average molecular weight is 275 g/mol. The normalized spacial score (nSPS) is 19.8. The minimum absolute atomic E-state index is 0.247. The first-order valence-electron chi connectivity index (χ1n) is 7.38. The fraction of sp³-hybridized carbons (Fsp3) is 0.625. The summed E-state index contributed by atoms with van der Waals surface area (Å²) < 4.78 is 0. The number of piperidine rings is 1. The lowest BCUT2D eigenvalue weighted by Gasteiger charge is -2.30. The minimum Gasteiger partial charge on any atom is -0.346 e. The molecule has 0 N–H and O–H groups in total. The highest BCUT2D eigenvalue weighted by molar-refractivity contribution is 5.77. The summed E-state index contributed by atoms with van der Waals surface area (Å²) in [6.07, 6.45) is 2.60. The molecule has 110 valence electrons. The first-order chi connectivity index (χ1) is 9.51. The van der Waals surface area contributed by atoms with E-state index in [0.717, 1.165) is 37.3 Å². The van der Waals surface area contributed by atoms with E-state index in [1.807, 2.05) is 11.9 Å². The summed E-state index contributed by atoms with van der Waals surface area (Å²) in [5, 5.41) is 0. The van der Waals surface area contributed by atoms with Gasteiger partial charge in [-0.15, -0.1) is 0 Å². The van der Waals surface area contributed by atoms with Crippen LogP contribution in [-0.2, 0) is 17.8 Å². The van der Waals surface area contributed by atoms with E-state index >= 15 is 0 Å². The van der Waals surface area contributed by atoms with Gasteiger partial charge in [0, 0.05) is 32.3 Å². The Hall–Kier alpha value is -1.42. The summed E-state index contributed by atoms with van der Waals surface area (Å²) >= 11 is 0. The number of aryl methyl sites for hydroxylation is 1. The van der Waals surface area contributed by atoms with Crippen LogP contribution in [0, 0.1) is 0 Å². The van der Waals surface area contributed by atoms with Gasteiger partial charge in [-0.05, 0) is 44.5 Å². The number of likely N-dealkylation sites (tertiary alicyclic amines) is 1. The Morgan fingerprint density at radius 3 is 2.75 bits per heavy atom. The Morgan fingerprint density at radius 1 is 1.40 bits per heavy atom. The molecule has 2 rings (SSSR count). The largest absolute Gasteiger partial charge is 0.346 e. The SMILES string of the molecule is CCc1ccc([C@@H]2CCN(C)C(=O)C2)c(CN(C)C)n1. The van der Waals surface area contributed by atoms with Gasteiger partial charge < -0.3 is 9.80 Å². The molecule has 0 unspecified atom stereocenters. The van der Waals surface area contributed by atoms with Crippen LogP contribution in [0.25, 0.3) is 0 Å². The van der Waals surface area contributed by atoms with Crippen LogP contribution in [0.4, 0.5) is 0 Å². The number of aromatic nitrogens is 1. The summed E-state index contributed by atoms with van der Waals surface area (Å²) in [6, 6.07) is 4.30. The molecule has 0 aromatic carbocycles. The zero-order valence-corrected chi connectivity index (χ0v) is 13.0. The number of pyridine rings is 1. The summed E-state index contributed by atoms with van der Waals surface area (Å²) in [7, 11) is 6.01. The van der Waals surface area contributed by atoms with E-state index in [1.165, 1.54) is 5.56 Å².